The van der Waals surface area contributed by atoms with Crippen LogP contribution in [0.15, 0.2) is 34.9 Å². The third kappa shape index (κ3) is 3.08. The highest BCUT2D eigenvalue weighted by molar-refractivity contribution is 7.89. The SMILES string of the molecule is Nc1ncccc1S(=O)(=O)NCCC1=CCCC1. The molecular formula is C12H17N3O2S. The number of rotatable bonds is 5. The van der Waals surface area contributed by atoms with Crippen molar-refractivity contribution >= 4 is 15.8 Å². The van der Waals surface area contributed by atoms with Crippen molar-refractivity contribution in [3.8, 4) is 0 Å². The Morgan fingerprint density at radius 3 is 2.94 bits per heavy atom. The maximum absolute atomic E-state index is 12.0. The highest BCUT2D eigenvalue weighted by Crippen LogP contribution is 2.20. The minimum atomic E-state index is -3.55. The first-order valence-electron chi connectivity index (χ1n) is 5.97. The van der Waals surface area contributed by atoms with Crippen LogP contribution < -0.4 is 10.5 Å². The molecule has 0 fully saturated rings. The van der Waals surface area contributed by atoms with Gasteiger partial charge >= 0.3 is 0 Å². The van der Waals surface area contributed by atoms with E-state index < -0.39 is 10.0 Å². The molecule has 1 aliphatic rings. The quantitative estimate of drug-likeness (QED) is 0.791. The zero-order valence-corrected chi connectivity index (χ0v) is 10.9. The Morgan fingerprint density at radius 1 is 1.44 bits per heavy atom. The third-order valence-corrected chi connectivity index (χ3v) is 4.47. The molecule has 6 heteroatoms. The lowest BCUT2D eigenvalue weighted by Crippen LogP contribution is -2.26. The summed E-state index contributed by atoms with van der Waals surface area (Å²) in [7, 11) is -3.55. The summed E-state index contributed by atoms with van der Waals surface area (Å²) >= 11 is 0. The van der Waals surface area contributed by atoms with E-state index in [1.165, 1.54) is 24.3 Å². The van der Waals surface area contributed by atoms with Gasteiger partial charge < -0.3 is 5.73 Å². The van der Waals surface area contributed by atoms with Crippen molar-refractivity contribution in [2.45, 2.75) is 30.6 Å². The molecule has 0 unspecified atom stereocenters. The van der Waals surface area contributed by atoms with Gasteiger partial charge in [0.2, 0.25) is 10.0 Å². The number of sulfonamides is 1. The minimum Gasteiger partial charge on any atom is -0.383 e. The first kappa shape index (κ1) is 13.0. The topological polar surface area (TPSA) is 85.1 Å². The highest BCUT2D eigenvalue weighted by Gasteiger charge is 2.17. The number of anilines is 1. The molecule has 1 aromatic heterocycles. The van der Waals surface area contributed by atoms with E-state index in [1.807, 2.05) is 0 Å². The fraction of sp³-hybridized carbons (Fsp3) is 0.417. The number of aromatic nitrogens is 1. The summed E-state index contributed by atoms with van der Waals surface area (Å²) in [6.45, 7) is 0.405. The van der Waals surface area contributed by atoms with Crippen LogP contribution in [0, 0.1) is 0 Å². The van der Waals surface area contributed by atoms with Crippen LogP contribution in [0.25, 0.3) is 0 Å². The van der Waals surface area contributed by atoms with E-state index in [0.717, 1.165) is 19.3 Å². The summed E-state index contributed by atoms with van der Waals surface area (Å²) in [5.41, 5.74) is 6.89. The fourth-order valence-electron chi connectivity index (χ4n) is 2.02. The Morgan fingerprint density at radius 2 is 2.28 bits per heavy atom. The third-order valence-electron chi connectivity index (χ3n) is 2.96. The Hall–Kier alpha value is -1.40. The van der Waals surface area contributed by atoms with E-state index in [4.69, 9.17) is 5.73 Å². The molecular weight excluding hydrogens is 250 g/mol. The normalized spacial score (nSPS) is 15.7. The van der Waals surface area contributed by atoms with Gasteiger partial charge in [-0.15, -0.1) is 0 Å². The minimum absolute atomic E-state index is 0.0325. The van der Waals surface area contributed by atoms with Gasteiger partial charge in [0.1, 0.15) is 10.7 Å². The molecule has 18 heavy (non-hydrogen) atoms. The molecule has 3 N–H and O–H groups in total. The van der Waals surface area contributed by atoms with Gasteiger partial charge in [-0.2, -0.15) is 0 Å². The smallest absolute Gasteiger partial charge is 0.244 e. The first-order chi connectivity index (χ1) is 8.59. The molecule has 1 aromatic rings. The molecule has 0 aliphatic heterocycles. The van der Waals surface area contributed by atoms with Crippen molar-refractivity contribution in [3.05, 3.63) is 30.0 Å². The average molecular weight is 267 g/mol. The second kappa shape index (κ2) is 5.49. The van der Waals surface area contributed by atoms with Gasteiger partial charge in [0.05, 0.1) is 0 Å². The number of allylic oxidation sites excluding steroid dienone is 1. The lowest BCUT2D eigenvalue weighted by Gasteiger charge is -2.08. The van der Waals surface area contributed by atoms with Crippen molar-refractivity contribution in [2.24, 2.45) is 0 Å². The van der Waals surface area contributed by atoms with Crippen LogP contribution in [0.2, 0.25) is 0 Å². The second-order valence-corrected chi connectivity index (χ2v) is 6.02. The van der Waals surface area contributed by atoms with E-state index in [2.05, 4.69) is 15.8 Å². The predicted molar refractivity (Wildman–Crippen MR) is 70.4 cm³/mol. The molecule has 98 valence electrons. The van der Waals surface area contributed by atoms with E-state index in [9.17, 15) is 8.42 Å². The molecule has 0 amide bonds. The van der Waals surface area contributed by atoms with Crippen molar-refractivity contribution in [2.75, 3.05) is 12.3 Å². The van der Waals surface area contributed by atoms with Crippen molar-refractivity contribution < 1.29 is 8.42 Å². The zero-order valence-electron chi connectivity index (χ0n) is 10.1. The fourth-order valence-corrected chi connectivity index (χ4v) is 3.13. The van der Waals surface area contributed by atoms with E-state index in [-0.39, 0.29) is 10.7 Å². The summed E-state index contributed by atoms with van der Waals surface area (Å²) in [6, 6.07) is 3.02. The second-order valence-electron chi connectivity index (χ2n) is 4.29. The number of nitrogens with zero attached hydrogens (tertiary/aromatic N) is 1. The van der Waals surface area contributed by atoms with Crippen molar-refractivity contribution in [1.82, 2.24) is 9.71 Å². The largest absolute Gasteiger partial charge is 0.383 e. The number of nitrogens with two attached hydrogens (primary N) is 1. The van der Waals surface area contributed by atoms with Crippen LogP contribution in [0.1, 0.15) is 25.7 Å². The Kier molecular flexibility index (Phi) is 3.98. The van der Waals surface area contributed by atoms with Gasteiger partial charge in [0.15, 0.2) is 0 Å². The summed E-state index contributed by atoms with van der Waals surface area (Å²) in [4.78, 5) is 3.82. The van der Waals surface area contributed by atoms with E-state index in [0.29, 0.717) is 6.54 Å². The standard InChI is InChI=1S/C12H17N3O2S/c13-12-11(6-3-8-14-12)18(16,17)15-9-7-10-4-1-2-5-10/h3-4,6,8,15H,1-2,5,7,9H2,(H2,13,14). The van der Waals surface area contributed by atoms with E-state index in [1.54, 1.807) is 6.07 Å². The predicted octanol–water partition coefficient (Wildman–Crippen LogP) is 1.44. The Labute approximate surface area is 107 Å². The van der Waals surface area contributed by atoms with Crippen LogP contribution in [0.5, 0.6) is 0 Å². The molecule has 0 aromatic carbocycles. The number of nitrogens with one attached hydrogen (secondary N) is 1. The maximum Gasteiger partial charge on any atom is 0.244 e. The molecule has 0 saturated carbocycles. The average Bonchev–Trinajstić information content (AvgIpc) is 2.82. The lowest BCUT2D eigenvalue weighted by molar-refractivity contribution is 0.581. The maximum atomic E-state index is 12.0. The summed E-state index contributed by atoms with van der Waals surface area (Å²) in [6.07, 6.45) is 7.79. The van der Waals surface area contributed by atoms with Gasteiger partial charge in [0.25, 0.3) is 0 Å². The summed E-state index contributed by atoms with van der Waals surface area (Å²) < 4.78 is 26.5. The van der Waals surface area contributed by atoms with Gasteiger partial charge in [-0.05, 0) is 37.8 Å². The molecule has 1 aliphatic carbocycles. The molecule has 5 nitrogen and oxygen atoms in total. The van der Waals surface area contributed by atoms with Gasteiger partial charge in [-0.3, -0.25) is 0 Å². The van der Waals surface area contributed by atoms with Crippen LogP contribution in [-0.4, -0.2) is 19.9 Å². The monoisotopic (exact) mass is 267 g/mol. The highest BCUT2D eigenvalue weighted by atomic mass is 32.2. The van der Waals surface area contributed by atoms with Crippen LogP contribution in [-0.2, 0) is 10.0 Å². The summed E-state index contributed by atoms with van der Waals surface area (Å²) in [5.74, 6) is 0.0325. The van der Waals surface area contributed by atoms with Crippen LogP contribution in [0.3, 0.4) is 0 Å². The molecule has 1 heterocycles. The van der Waals surface area contributed by atoms with Crippen LogP contribution in [0.4, 0.5) is 5.82 Å². The first-order valence-corrected chi connectivity index (χ1v) is 7.46. The molecule has 2 rings (SSSR count). The lowest BCUT2D eigenvalue weighted by atomic mass is 10.2. The molecule has 0 radical (unpaired) electrons. The van der Waals surface area contributed by atoms with Crippen molar-refractivity contribution in [1.29, 1.82) is 0 Å². The van der Waals surface area contributed by atoms with Crippen LogP contribution >= 0.6 is 0 Å². The Balaban J connectivity index is 1.97. The van der Waals surface area contributed by atoms with Gasteiger partial charge in [-0.1, -0.05) is 11.6 Å². The zero-order chi connectivity index (χ0) is 13.0. The molecule has 0 atom stereocenters. The molecule has 0 saturated heterocycles. The number of pyridine rings is 1. The molecule has 0 spiro atoms. The number of hydrogen-bond acceptors (Lipinski definition) is 4. The van der Waals surface area contributed by atoms with Gasteiger partial charge in [-0.25, -0.2) is 18.1 Å². The molecule has 0 bridgehead atoms. The number of hydrogen-bond donors (Lipinski definition) is 2. The van der Waals surface area contributed by atoms with E-state index >= 15 is 0 Å². The number of nitrogen functional groups attached to an aromatic ring is 1. The Bertz CT molecular complexity index is 552. The van der Waals surface area contributed by atoms with Crippen molar-refractivity contribution in [3.63, 3.8) is 0 Å². The van der Waals surface area contributed by atoms with Gasteiger partial charge in [0, 0.05) is 12.7 Å². The summed E-state index contributed by atoms with van der Waals surface area (Å²) in [5, 5.41) is 0.